The Bertz CT molecular complexity index is 717. The van der Waals surface area contributed by atoms with Crippen molar-refractivity contribution in [1.29, 1.82) is 0 Å². The number of fused-ring (bicyclic) bond motifs is 2. The van der Waals surface area contributed by atoms with Crippen molar-refractivity contribution in [3.05, 3.63) is 35.4 Å². The van der Waals surface area contributed by atoms with E-state index in [9.17, 15) is 19.2 Å². The van der Waals surface area contributed by atoms with Gasteiger partial charge in [0.25, 0.3) is 5.91 Å². The van der Waals surface area contributed by atoms with E-state index in [1.165, 1.54) is 0 Å². The number of nitrogens with two attached hydrogens (primary N) is 1. The van der Waals surface area contributed by atoms with Crippen molar-refractivity contribution in [2.45, 2.75) is 24.8 Å². The predicted octanol–water partition coefficient (Wildman–Crippen LogP) is -0.0351. The zero-order chi connectivity index (χ0) is 16.6. The van der Waals surface area contributed by atoms with Gasteiger partial charge in [0.15, 0.2) is 0 Å². The molecule has 1 spiro atoms. The molecule has 1 fully saturated rings. The second-order valence-corrected chi connectivity index (χ2v) is 5.61. The van der Waals surface area contributed by atoms with E-state index in [-0.39, 0.29) is 18.9 Å². The molecule has 2 aliphatic rings. The van der Waals surface area contributed by atoms with Gasteiger partial charge in [-0.2, -0.15) is 0 Å². The smallest absolute Gasteiger partial charge is 0.325 e. The number of hydrogen-bond donors (Lipinski definition) is 3. The Morgan fingerprint density at radius 1 is 1.30 bits per heavy atom. The minimum Gasteiger partial charge on any atom is -0.351 e. The van der Waals surface area contributed by atoms with Crippen LogP contribution in [0, 0.1) is 0 Å². The van der Waals surface area contributed by atoms with Crippen LogP contribution in [0.4, 0.5) is 9.59 Å². The van der Waals surface area contributed by atoms with E-state index in [1.807, 2.05) is 29.6 Å². The monoisotopic (exact) mass is 316 g/mol. The summed E-state index contributed by atoms with van der Waals surface area (Å²) in [6, 6.07) is 6.00. The lowest BCUT2D eigenvalue weighted by Crippen LogP contribution is -2.42. The summed E-state index contributed by atoms with van der Waals surface area (Å²) in [6.45, 7) is -0.103. The number of imide groups is 2. The third kappa shape index (κ3) is 2.41. The number of amides is 6. The van der Waals surface area contributed by atoms with Crippen LogP contribution in [-0.4, -0.2) is 35.3 Å². The molecule has 4 N–H and O–H groups in total. The molecule has 3 rings (SSSR count). The first kappa shape index (κ1) is 15.0. The number of hydrogen-bond acceptors (Lipinski definition) is 4. The maximum absolute atomic E-state index is 12.8. The summed E-state index contributed by atoms with van der Waals surface area (Å²) >= 11 is 0. The quantitative estimate of drug-likeness (QED) is 0.677. The van der Waals surface area contributed by atoms with Crippen molar-refractivity contribution in [3.8, 4) is 0 Å². The van der Waals surface area contributed by atoms with Crippen LogP contribution in [0.5, 0.6) is 0 Å². The number of rotatable bonds is 3. The van der Waals surface area contributed by atoms with Crippen LogP contribution in [-0.2, 0) is 21.5 Å². The molecule has 1 aromatic carbocycles. The van der Waals surface area contributed by atoms with E-state index in [4.69, 9.17) is 5.73 Å². The molecule has 8 nitrogen and oxygen atoms in total. The normalized spacial score (nSPS) is 22.2. The highest BCUT2D eigenvalue weighted by atomic mass is 16.2. The van der Waals surface area contributed by atoms with Gasteiger partial charge in [-0.15, -0.1) is 0 Å². The lowest BCUT2D eigenvalue weighted by molar-refractivity contribution is -0.132. The highest BCUT2D eigenvalue weighted by molar-refractivity contribution is 6.08. The molecule has 1 heterocycles. The molecule has 0 aromatic heterocycles. The van der Waals surface area contributed by atoms with Crippen LogP contribution in [0.1, 0.15) is 24.0 Å². The fourth-order valence-electron chi connectivity index (χ4n) is 3.21. The first-order valence-corrected chi connectivity index (χ1v) is 7.26. The predicted molar refractivity (Wildman–Crippen MR) is 79.0 cm³/mol. The van der Waals surface area contributed by atoms with E-state index < -0.39 is 23.5 Å². The van der Waals surface area contributed by atoms with Gasteiger partial charge >= 0.3 is 12.1 Å². The molecule has 0 unspecified atom stereocenters. The largest absolute Gasteiger partial charge is 0.351 e. The van der Waals surface area contributed by atoms with Crippen molar-refractivity contribution < 1.29 is 19.2 Å². The third-order valence-corrected chi connectivity index (χ3v) is 4.25. The summed E-state index contributed by atoms with van der Waals surface area (Å²) in [7, 11) is 0. The standard InChI is InChI=1S/C15H16N4O4/c16-13(22)17-11(20)6-8-19-12(21)15(18-14(19)23)7-5-9-3-1-2-4-10(9)15/h1-4H,5-8H2,(H,18,23)(H3,16,17,20,22)/t15-/m1/s1. The van der Waals surface area contributed by atoms with Gasteiger partial charge in [-0.3, -0.25) is 19.8 Å². The van der Waals surface area contributed by atoms with Crippen LogP contribution >= 0.6 is 0 Å². The van der Waals surface area contributed by atoms with Crippen molar-refractivity contribution in [1.82, 2.24) is 15.5 Å². The molecule has 1 aromatic rings. The molecule has 8 heteroatoms. The zero-order valence-corrected chi connectivity index (χ0v) is 12.3. The molecular formula is C15H16N4O4. The van der Waals surface area contributed by atoms with E-state index in [0.29, 0.717) is 12.8 Å². The van der Waals surface area contributed by atoms with Crippen LogP contribution in [0.2, 0.25) is 0 Å². The topological polar surface area (TPSA) is 122 Å². The summed E-state index contributed by atoms with van der Waals surface area (Å²) in [4.78, 5) is 48.0. The second-order valence-electron chi connectivity index (χ2n) is 5.61. The molecule has 23 heavy (non-hydrogen) atoms. The average molecular weight is 316 g/mol. The molecule has 1 saturated heterocycles. The number of aryl methyl sites for hydroxylation is 1. The van der Waals surface area contributed by atoms with Gasteiger partial charge in [0, 0.05) is 13.0 Å². The summed E-state index contributed by atoms with van der Waals surface area (Å²) in [5.74, 6) is -0.995. The maximum Gasteiger partial charge on any atom is 0.325 e. The second kappa shape index (κ2) is 5.38. The number of carbonyl (C=O) groups is 4. The van der Waals surface area contributed by atoms with E-state index in [2.05, 4.69) is 5.32 Å². The third-order valence-electron chi connectivity index (χ3n) is 4.25. The van der Waals surface area contributed by atoms with Crippen LogP contribution < -0.4 is 16.4 Å². The zero-order valence-electron chi connectivity index (χ0n) is 12.3. The van der Waals surface area contributed by atoms with Crippen LogP contribution in [0.15, 0.2) is 24.3 Å². The van der Waals surface area contributed by atoms with Crippen LogP contribution in [0.25, 0.3) is 0 Å². The van der Waals surface area contributed by atoms with E-state index >= 15 is 0 Å². The Morgan fingerprint density at radius 2 is 2.04 bits per heavy atom. The molecule has 0 bridgehead atoms. The molecular weight excluding hydrogens is 300 g/mol. The molecule has 0 saturated carbocycles. The Labute approximate surface area is 132 Å². The lowest BCUT2D eigenvalue weighted by atomic mass is 9.92. The van der Waals surface area contributed by atoms with E-state index in [0.717, 1.165) is 16.0 Å². The van der Waals surface area contributed by atoms with Crippen molar-refractivity contribution in [2.24, 2.45) is 5.73 Å². The van der Waals surface area contributed by atoms with Gasteiger partial charge in [-0.25, -0.2) is 9.59 Å². The van der Waals surface area contributed by atoms with Crippen molar-refractivity contribution >= 4 is 23.9 Å². The fraction of sp³-hybridized carbons (Fsp3) is 0.333. The highest BCUT2D eigenvalue weighted by Crippen LogP contribution is 2.41. The van der Waals surface area contributed by atoms with Crippen LogP contribution in [0.3, 0.4) is 0 Å². The van der Waals surface area contributed by atoms with Gasteiger partial charge in [0.2, 0.25) is 5.91 Å². The van der Waals surface area contributed by atoms with Gasteiger partial charge in [-0.05, 0) is 24.0 Å². The summed E-state index contributed by atoms with van der Waals surface area (Å²) in [5, 5.41) is 4.67. The van der Waals surface area contributed by atoms with Crippen molar-refractivity contribution in [2.75, 3.05) is 6.54 Å². The van der Waals surface area contributed by atoms with Gasteiger partial charge < -0.3 is 11.1 Å². The number of nitrogens with zero attached hydrogens (tertiary/aromatic N) is 1. The number of nitrogens with one attached hydrogen (secondary N) is 2. The molecule has 120 valence electrons. The molecule has 1 aliphatic carbocycles. The SMILES string of the molecule is NC(=O)NC(=O)CCN1C(=O)N[C@@]2(CCc3ccccc32)C1=O. The number of carbonyl (C=O) groups excluding carboxylic acids is 4. The average Bonchev–Trinajstić information content (AvgIpc) is 2.97. The van der Waals surface area contributed by atoms with Gasteiger partial charge in [-0.1, -0.05) is 24.3 Å². The Morgan fingerprint density at radius 3 is 2.78 bits per heavy atom. The lowest BCUT2D eigenvalue weighted by Gasteiger charge is -2.22. The van der Waals surface area contributed by atoms with Gasteiger partial charge in [0.1, 0.15) is 5.54 Å². The summed E-state index contributed by atoms with van der Waals surface area (Å²) in [5.41, 5.74) is 5.66. The van der Waals surface area contributed by atoms with E-state index in [1.54, 1.807) is 0 Å². The number of benzene rings is 1. The number of primary amides is 1. The molecule has 1 atom stereocenters. The summed E-state index contributed by atoms with van der Waals surface area (Å²) in [6.07, 6.45) is 1.03. The molecule has 0 radical (unpaired) electrons. The Balaban J connectivity index is 1.77. The highest BCUT2D eigenvalue weighted by Gasteiger charge is 2.54. The molecule has 1 aliphatic heterocycles. The van der Waals surface area contributed by atoms with Gasteiger partial charge in [0.05, 0.1) is 0 Å². The minimum absolute atomic E-state index is 0.103. The first-order chi connectivity index (χ1) is 10.9. The Kier molecular flexibility index (Phi) is 3.51. The minimum atomic E-state index is -1.03. The maximum atomic E-state index is 12.8. The first-order valence-electron chi connectivity index (χ1n) is 7.26. The Hall–Kier alpha value is -2.90. The summed E-state index contributed by atoms with van der Waals surface area (Å²) < 4.78 is 0. The molecule has 6 amide bonds. The van der Waals surface area contributed by atoms with Crippen molar-refractivity contribution in [3.63, 3.8) is 0 Å². The fourth-order valence-corrected chi connectivity index (χ4v) is 3.21. The number of urea groups is 2.